The van der Waals surface area contributed by atoms with Gasteiger partial charge in [-0.1, -0.05) is 36.9 Å². The Morgan fingerprint density at radius 1 is 1.23 bits per heavy atom. The Balaban J connectivity index is 2.34. The van der Waals surface area contributed by atoms with E-state index >= 15 is 0 Å². The molecule has 1 aliphatic heterocycles. The lowest BCUT2D eigenvalue weighted by atomic mass is 10.2. The van der Waals surface area contributed by atoms with Gasteiger partial charge in [0.1, 0.15) is 5.04 Å². The van der Waals surface area contributed by atoms with Gasteiger partial charge in [-0.15, -0.1) is 16.0 Å². The Hall–Kier alpha value is -1.35. The normalized spacial score (nSPS) is 22.8. The molecule has 1 heterocycles. The van der Waals surface area contributed by atoms with E-state index in [0.717, 1.165) is 10.6 Å². The van der Waals surface area contributed by atoms with Crippen molar-refractivity contribution >= 4 is 21.5 Å². The van der Waals surface area contributed by atoms with Crippen molar-refractivity contribution in [2.75, 3.05) is 0 Å². The van der Waals surface area contributed by atoms with Crippen LogP contribution in [0, 0.1) is 0 Å². The summed E-state index contributed by atoms with van der Waals surface area (Å²) < 4.78 is 0. The quantitative estimate of drug-likeness (QED) is 0.693. The van der Waals surface area contributed by atoms with E-state index in [1.165, 1.54) is 0 Å². The first-order valence-electron chi connectivity index (χ1n) is 3.99. The van der Waals surface area contributed by atoms with Crippen LogP contribution < -0.4 is 0 Å². The second-order valence-corrected chi connectivity index (χ2v) is 4.44. The van der Waals surface area contributed by atoms with Crippen molar-refractivity contribution in [1.82, 2.24) is 0 Å². The molecule has 0 amide bonds. The van der Waals surface area contributed by atoms with Crippen molar-refractivity contribution < 1.29 is 0 Å². The predicted molar refractivity (Wildman–Crippen MR) is 60.7 cm³/mol. The molecular formula is C10H10N2S. The Labute approximate surface area is 80.0 Å². The second-order valence-electron chi connectivity index (χ2n) is 2.61. The van der Waals surface area contributed by atoms with Crippen LogP contribution in [0.2, 0.25) is 0 Å². The topological polar surface area (TPSA) is 24.7 Å². The van der Waals surface area contributed by atoms with Gasteiger partial charge in [-0.05, 0) is 5.41 Å². The lowest BCUT2D eigenvalue weighted by Gasteiger charge is -2.08. The third kappa shape index (κ3) is 1.55. The van der Waals surface area contributed by atoms with E-state index in [0.29, 0.717) is 0 Å². The standard InChI is InChI=1S/C10H10N2S/c1-2-13-8-11-12-10(13)9-6-4-3-5-7-9/h2-8,13H,1H2. The zero-order valence-electron chi connectivity index (χ0n) is 7.09. The molecule has 1 aliphatic rings. The molecule has 0 saturated heterocycles. The average molecular weight is 190 g/mol. The van der Waals surface area contributed by atoms with E-state index in [-0.39, 0.29) is 0 Å². The van der Waals surface area contributed by atoms with Crippen molar-refractivity contribution in [1.29, 1.82) is 0 Å². The molecule has 1 unspecified atom stereocenters. The molecule has 0 saturated carbocycles. The Morgan fingerprint density at radius 2 is 2.00 bits per heavy atom. The maximum absolute atomic E-state index is 4.10. The number of hydrogen-bond donors (Lipinski definition) is 1. The minimum Gasteiger partial charge on any atom is -0.152 e. The summed E-state index contributed by atoms with van der Waals surface area (Å²) >= 11 is 0. The summed E-state index contributed by atoms with van der Waals surface area (Å²) in [6.45, 7) is 3.78. The summed E-state index contributed by atoms with van der Waals surface area (Å²) in [4.78, 5) is 0. The average Bonchev–Trinajstić information content (AvgIpc) is 2.67. The maximum Gasteiger partial charge on any atom is 0.115 e. The molecule has 1 aromatic carbocycles. The molecule has 0 radical (unpaired) electrons. The van der Waals surface area contributed by atoms with Gasteiger partial charge in [0.15, 0.2) is 0 Å². The highest BCUT2D eigenvalue weighted by Gasteiger charge is 2.12. The van der Waals surface area contributed by atoms with Gasteiger partial charge in [-0.3, -0.25) is 0 Å². The highest BCUT2D eigenvalue weighted by molar-refractivity contribution is 8.42. The van der Waals surface area contributed by atoms with Gasteiger partial charge in [0, 0.05) is 5.56 Å². The summed E-state index contributed by atoms with van der Waals surface area (Å²) in [7, 11) is -0.460. The summed E-state index contributed by atoms with van der Waals surface area (Å²) in [5.74, 6) is 0. The molecule has 0 fully saturated rings. The van der Waals surface area contributed by atoms with Gasteiger partial charge < -0.3 is 0 Å². The Bertz CT molecular complexity index is 368. The lowest BCUT2D eigenvalue weighted by Crippen LogP contribution is -1.96. The summed E-state index contributed by atoms with van der Waals surface area (Å²) in [6, 6.07) is 10.1. The van der Waals surface area contributed by atoms with E-state index in [2.05, 4.69) is 16.8 Å². The number of thiol groups is 1. The number of hydrogen-bond acceptors (Lipinski definition) is 2. The maximum atomic E-state index is 4.10. The van der Waals surface area contributed by atoms with Crippen molar-refractivity contribution in [3.05, 3.63) is 47.9 Å². The van der Waals surface area contributed by atoms with Gasteiger partial charge in [-0.2, -0.15) is 5.10 Å². The molecule has 1 aromatic rings. The highest BCUT2D eigenvalue weighted by atomic mass is 32.2. The van der Waals surface area contributed by atoms with Crippen LogP contribution in [0.1, 0.15) is 5.56 Å². The monoisotopic (exact) mass is 190 g/mol. The zero-order chi connectivity index (χ0) is 9.10. The van der Waals surface area contributed by atoms with Crippen LogP contribution in [0.3, 0.4) is 0 Å². The first-order chi connectivity index (χ1) is 6.42. The van der Waals surface area contributed by atoms with Gasteiger partial charge in [-0.25, -0.2) is 0 Å². The SMILES string of the molecule is C=C[SH]1C=NN=C1c1ccccc1. The van der Waals surface area contributed by atoms with Gasteiger partial charge in [0.2, 0.25) is 0 Å². The van der Waals surface area contributed by atoms with Crippen LogP contribution in [-0.4, -0.2) is 10.6 Å². The minimum absolute atomic E-state index is 0.460. The van der Waals surface area contributed by atoms with Crippen LogP contribution in [-0.2, 0) is 0 Å². The predicted octanol–water partition coefficient (Wildman–Crippen LogP) is 2.53. The molecule has 0 N–H and O–H groups in total. The van der Waals surface area contributed by atoms with Crippen molar-refractivity contribution in [3.8, 4) is 0 Å². The van der Waals surface area contributed by atoms with E-state index in [4.69, 9.17) is 0 Å². The van der Waals surface area contributed by atoms with E-state index < -0.39 is 10.9 Å². The molecule has 0 aliphatic carbocycles. The molecule has 1 atom stereocenters. The largest absolute Gasteiger partial charge is 0.152 e. The summed E-state index contributed by atoms with van der Waals surface area (Å²) in [6.07, 6.45) is 0. The molecule has 0 bridgehead atoms. The van der Waals surface area contributed by atoms with Crippen molar-refractivity contribution in [3.63, 3.8) is 0 Å². The smallest absolute Gasteiger partial charge is 0.115 e. The van der Waals surface area contributed by atoms with Crippen LogP contribution in [0.4, 0.5) is 0 Å². The number of benzene rings is 1. The van der Waals surface area contributed by atoms with Gasteiger partial charge >= 0.3 is 0 Å². The van der Waals surface area contributed by atoms with Gasteiger partial charge in [0.25, 0.3) is 0 Å². The molecule has 2 rings (SSSR count). The molecule has 0 spiro atoms. The first kappa shape index (κ1) is 8.26. The molecule has 0 aromatic heterocycles. The zero-order valence-corrected chi connectivity index (χ0v) is 7.98. The van der Waals surface area contributed by atoms with Gasteiger partial charge in [0.05, 0.1) is 5.55 Å². The molecule has 66 valence electrons. The fourth-order valence-electron chi connectivity index (χ4n) is 1.17. The number of nitrogens with zero attached hydrogens (tertiary/aromatic N) is 2. The summed E-state index contributed by atoms with van der Waals surface area (Å²) in [5.41, 5.74) is 3.01. The number of rotatable bonds is 2. The Kier molecular flexibility index (Phi) is 2.27. The second kappa shape index (κ2) is 3.58. The molecular weight excluding hydrogens is 180 g/mol. The molecule has 2 nitrogen and oxygen atoms in total. The fourth-order valence-corrected chi connectivity index (χ4v) is 2.31. The van der Waals surface area contributed by atoms with Crippen molar-refractivity contribution in [2.45, 2.75) is 0 Å². The van der Waals surface area contributed by atoms with Crippen LogP contribution >= 0.6 is 10.9 Å². The Morgan fingerprint density at radius 3 is 2.69 bits per heavy atom. The molecule has 3 heteroatoms. The molecule has 13 heavy (non-hydrogen) atoms. The fraction of sp³-hybridized carbons (Fsp3) is 0. The van der Waals surface area contributed by atoms with Crippen LogP contribution in [0.15, 0.2) is 52.5 Å². The first-order valence-corrected chi connectivity index (χ1v) is 5.47. The van der Waals surface area contributed by atoms with E-state index in [1.54, 1.807) is 0 Å². The van der Waals surface area contributed by atoms with Crippen molar-refractivity contribution in [2.24, 2.45) is 10.2 Å². The van der Waals surface area contributed by atoms with Crippen LogP contribution in [0.25, 0.3) is 0 Å². The third-order valence-electron chi connectivity index (χ3n) is 1.80. The van der Waals surface area contributed by atoms with E-state index in [9.17, 15) is 0 Å². The van der Waals surface area contributed by atoms with Crippen LogP contribution in [0.5, 0.6) is 0 Å². The third-order valence-corrected chi connectivity index (χ3v) is 3.38. The minimum atomic E-state index is -0.460. The highest BCUT2D eigenvalue weighted by Crippen LogP contribution is 2.32. The summed E-state index contributed by atoms with van der Waals surface area (Å²) in [5, 5.41) is 11.0. The lowest BCUT2D eigenvalue weighted by molar-refractivity contribution is 1.28. The van der Waals surface area contributed by atoms with E-state index in [1.807, 2.05) is 41.3 Å².